The van der Waals surface area contributed by atoms with Crippen LogP contribution in [0.25, 0.3) is 0 Å². The third-order valence-corrected chi connectivity index (χ3v) is 5.51. The number of nitrogens with zero attached hydrogens (tertiary/aromatic N) is 1. The van der Waals surface area contributed by atoms with Crippen LogP contribution < -0.4 is 4.74 Å². The number of methoxy groups -OCH3 is 1. The molecule has 2 saturated carbocycles. The van der Waals surface area contributed by atoms with Crippen molar-refractivity contribution in [1.82, 2.24) is 4.90 Å². The van der Waals surface area contributed by atoms with Crippen molar-refractivity contribution >= 4 is 0 Å². The number of benzene rings is 1. The number of ether oxygens (including phenoxy) is 1. The van der Waals surface area contributed by atoms with Crippen LogP contribution in [0.5, 0.6) is 5.75 Å². The molecule has 0 spiro atoms. The number of fused-ring (bicyclic) bond motifs is 1. The molecule has 1 unspecified atom stereocenters. The molecule has 2 heteroatoms. The molecule has 1 atom stereocenters. The molecule has 1 aromatic rings. The molecule has 0 N–H and O–H groups in total. The molecule has 0 bridgehead atoms. The zero-order valence-corrected chi connectivity index (χ0v) is 13.2. The highest BCUT2D eigenvalue weighted by Crippen LogP contribution is 2.36. The highest BCUT2D eigenvalue weighted by atomic mass is 16.5. The van der Waals surface area contributed by atoms with Gasteiger partial charge in [-0.05, 0) is 80.0 Å². The van der Waals surface area contributed by atoms with Gasteiger partial charge < -0.3 is 4.74 Å². The van der Waals surface area contributed by atoms with Crippen LogP contribution in [0.4, 0.5) is 0 Å². The first-order chi connectivity index (χ1) is 10.3. The Balaban J connectivity index is 1.46. The van der Waals surface area contributed by atoms with Gasteiger partial charge >= 0.3 is 0 Å². The van der Waals surface area contributed by atoms with E-state index >= 15 is 0 Å². The maximum Gasteiger partial charge on any atom is 0.119 e. The average molecular weight is 285 g/mol. The maximum absolute atomic E-state index is 5.37. The standard InChI is InChI=1S/C19H27NO/c1-21-19-9-7-16-10-18(8-6-17(16)11-19)20(12-14-2-3-14)13-15-4-5-15/h7,9,11,14-15,18H,2-6,8,10,12-13H2,1H3. The molecule has 114 valence electrons. The van der Waals surface area contributed by atoms with Crippen molar-refractivity contribution in [3.8, 4) is 5.75 Å². The fraction of sp³-hybridized carbons (Fsp3) is 0.684. The van der Waals surface area contributed by atoms with Crippen LogP contribution in [0, 0.1) is 11.8 Å². The van der Waals surface area contributed by atoms with Gasteiger partial charge in [0.25, 0.3) is 0 Å². The second-order valence-corrected chi connectivity index (χ2v) is 7.37. The molecule has 3 aliphatic carbocycles. The van der Waals surface area contributed by atoms with Gasteiger partial charge in [-0.1, -0.05) is 6.07 Å². The second kappa shape index (κ2) is 5.64. The Morgan fingerprint density at radius 1 is 1.00 bits per heavy atom. The number of rotatable bonds is 6. The topological polar surface area (TPSA) is 12.5 Å². The van der Waals surface area contributed by atoms with E-state index in [2.05, 4.69) is 23.1 Å². The van der Waals surface area contributed by atoms with Crippen molar-refractivity contribution < 1.29 is 4.74 Å². The van der Waals surface area contributed by atoms with Gasteiger partial charge in [0.1, 0.15) is 5.75 Å². The Hall–Kier alpha value is -1.02. The van der Waals surface area contributed by atoms with E-state index in [0.717, 1.165) is 23.6 Å². The minimum absolute atomic E-state index is 0.784. The van der Waals surface area contributed by atoms with E-state index in [0.29, 0.717) is 0 Å². The quantitative estimate of drug-likeness (QED) is 0.790. The van der Waals surface area contributed by atoms with Crippen LogP contribution in [-0.2, 0) is 12.8 Å². The molecule has 0 radical (unpaired) electrons. The summed E-state index contributed by atoms with van der Waals surface area (Å²) in [5.74, 6) is 3.04. The maximum atomic E-state index is 5.37. The molecule has 0 heterocycles. The molecule has 1 aromatic carbocycles. The van der Waals surface area contributed by atoms with Gasteiger partial charge in [-0.2, -0.15) is 0 Å². The minimum atomic E-state index is 0.784. The molecule has 2 fully saturated rings. The van der Waals surface area contributed by atoms with Gasteiger partial charge in [-0.25, -0.2) is 0 Å². The highest BCUT2D eigenvalue weighted by molar-refractivity contribution is 5.37. The predicted octanol–water partition coefficient (Wildman–Crippen LogP) is 3.67. The summed E-state index contributed by atoms with van der Waals surface area (Å²) in [6.45, 7) is 2.74. The molecule has 0 aliphatic heterocycles. The van der Waals surface area contributed by atoms with Crippen molar-refractivity contribution in [3.63, 3.8) is 0 Å². The normalized spacial score (nSPS) is 25.0. The lowest BCUT2D eigenvalue weighted by molar-refractivity contribution is 0.165. The Morgan fingerprint density at radius 3 is 2.33 bits per heavy atom. The van der Waals surface area contributed by atoms with Crippen molar-refractivity contribution in [3.05, 3.63) is 29.3 Å². The second-order valence-electron chi connectivity index (χ2n) is 7.37. The molecule has 0 saturated heterocycles. The molecular weight excluding hydrogens is 258 g/mol. The molecule has 3 aliphatic rings. The van der Waals surface area contributed by atoms with E-state index in [1.165, 1.54) is 63.6 Å². The summed E-state index contributed by atoms with van der Waals surface area (Å²) in [5.41, 5.74) is 3.08. The summed E-state index contributed by atoms with van der Waals surface area (Å²) in [4.78, 5) is 2.85. The van der Waals surface area contributed by atoms with Crippen LogP contribution in [0.3, 0.4) is 0 Å². The Morgan fingerprint density at radius 2 is 1.71 bits per heavy atom. The third-order valence-electron chi connectivity index (χ3n) is 5.51. The molecule has 4 rings (SSSR count). The van der Waals surface area contributed by atoms with Crippen LogP contribution in [-0.4, -0.2) is 31.1 Å². The van der Waals surface area contributed by atoms with E-state index in [1.807, 2.05) is 0 Å². The first-order valence-corrected chi connectivity index (χ1v) is 8.71. The molecular formula is C19H27NO. The Labute approximate surface area is 128 Å². The van der Waals surface area contributed by atoms with E-state index < -0.39 is 0 Å². The van der Waals surface area contributed by atoms with Crippen molar-refractivity contribution in [2.24, 2.45) is 11.8 Å². The van der Waals surface area contributed by atoms with E-state index in [1.54, 1.807) is 12.7 Å². The molecule has 0 amide bonds. The van der Waals surface area contributed by atoms with E-state index in [9.17, 15) is 0 Å². The predicted molar refractivity (Wildman–Crippen MR) is 85.8 cm³/mol. The SMILES string of the molecule is COc1ccc2c(c1)CCC(N(CC1CC1)CC1CC1)C2. The van der Waals surface area contributed by atoms with Gasteiger partial charge in [-0.3, -0.25) is 4.90 Å². The van der Waals surface area contributed by atoms with Gasteiger partial charge in [0, 0.05) is 19.1 Å². The number of aryl methyl sites for hydroxylation is 1. The number of hydrogen-bond acceptors (Lipinski definition) is 2. The zero-order chi connectivity index (χ0) is 14.2. The fourth-order valence-electron chi connectivity index (χ4n) is 3.79. The summed E-state index contributed by atoms with van der Waals surface area (Å²) in [6.07, 6.45) is 9.70. The smallest absolute Gasteiger partial charge is 0.119 e. The molecule has 0 aromatic heterocycles. The van der Waals surface area contributed by atoms with Crippen LogP contribution in [0.15, 0.2) is 18.2 Å². The van der Waals surface area contributed by atoms with Crippen LogP contribution in [0.2, 0.25) is 0 Å². The summed E-state index contributed by atoms with van der Waals surface area (Å²) in [6, 6.07) is 7.46. The van der Waals surface area contributed by atoms with Gasteiger partial charge in [-0.15, -0.1) is 0 Å². The Kier molecular flexibility index (Phi) is 3.66. The fourth-order valence-corrected chi connectivity index (χ4v) is 3.79. The Bertz CT molecular complexity index is 490. The van der Waals surface area contributed by atoms with Crippen LogP contribution >= 0.6 is 0 Å². The molecule has 21 heavy (non-hydrogen) atoms. The molecule has 2 nitrogen and oxygen atoms in total. The lowest BCUT2D eigenvalue weighted by atomic mass is 9.87. The van der Waals surface area contributed by atoms with Crippen molar-refractivity contribution in [2.75, 3.05) is 20.2 Å². The monoisotopic (exact) mass is 285 g/mol. The third kappa shape index (κ3) is 3.26. The number of hydrogen-bond donors (Lipinski definition) is 0. The summed E-state index contributed by atoms with van der Waals surface area (Å²) in [7, 11) is 1.76. The summed E-state index contributed by atoms with van der Waals surface area (Å²) in [5, 5.41) is 0. The van der Waals surface area contributed by atoms with E-state index in [4.69, 9.17) is 4.74 Å². The summed E-state index contributed by atoms with van der Waals surface area (Å²) < 4.78 is 5.37. The van der Waals surface area contributed by atoms with Crippen LogP contribution in [0.1, 0.15) is 43.2 Å². The summed E-state index contributed by atoms with van der Waals surface area (Å²) >= 11 is 0. The average Bonchev–Trinajstić information content (AvgIpc) is 3.41. The van der Waals surface area contributed by atoms with Crippen molar-refractivity contribution in [2.45, 2.75) is 51.0 Å². The minimum Gasteiger partial charge on any atom is -0.497 e. The van der Waals surface area contributed by atoms with Gasteiger partial charge in [0.2, 0.25) is 0 Å². The zero-order valence-electron chi connectivity index (χ0n) is 13.2. The van der Waals surface area contributed by atoms with Gasteiger partial charge in [0.05, 0.1) is 7.11 Å². The largest absolute Gasteiger partial charge is 0.497 e. The van der Waals surface area contributed by atoms with E-state index in [-0.39, 0.29) is 0 Å². The first-order valence-electron chi connectivity index (χ1n) is 8.71. The first kappa shape index (κ1) is 13.6. The van der Waals surface area contributed by atoms with Crippen molar-refractivity contribution in [1.29, 1.82) is 0 Å². The van der Waals surface area contributed by atoms with Gasteiger partial charge in [0.15, 0.2) is 0 Å². The lowest BCUT2D eigenvalue weighted by Gasteiger charge is -2.35. The lowest BCUT2D eigenvalue weighted by Crippen LogP contribution is -2.41. The highest BCUT2D eigenvalue weighted by Gasteiger charge is 2.33.